The topological polar surface area (TPSA) is 52.6 Å². The minimum absolute atomic E-state index is 0.00756. The molecule has 0 aromatic heterocycles. The molecular formula is C8H13O4P. The van der Waals surface area contributed by atoms with Crippen molar-refractivity contribution < 1.29 is 18.6 Å². The molecule has 1 fully saturated rings. The van der Waals surface area contributed by atoms with Crippen LogP contribution in [0.3, 0.4) is 0 Å². The Labute approximate surface area is 78.9 Å². The molecule has 1 aliphatic rings. The first-order chi connectivity index (χ1) is 6.27. The zero-order valence-electron chi connectivity index (χ0n) is 7.56. The average molecular weight is 204 g/mol. The van der Waals surface area contributed by atoms with Crippen molar-refractivity contribution in [2.75, 3.05) is 7.11 Å². The number of esters is 1. The SMILES string of the molecule is COC(=O)C1CCC(OP=O)CC1. The van der Waals surface area contributed by atoms with Crippen molar-refractivity contribution in [1.29, 1.82) is 0 Å². The first kappa shape index (κ1) is 10.6. The van der Waals surface area contributed by atoms with E-state index in [9.17, 15) is 9.36 Å². The molecule has 5 heteroatoms. The Morgan fingerprint density at radius 1 is 1.31 bits per heavy atom. The molecule has 1 saturated carbocycles. The molecule has 0 heterocycles. The molecule has 0 aromatic rings. The van der Waals surface area contributed by atoms with Crippen molar-refractivity contribution in [3.63, 3.8) is 0 Å². The first-order valence-electron chi connectivity index (χ1n) is 4.34. The quantitative estimate of drug-likeness (QED) is 0.520. The molecule has 0 N–H and O–H groups in total. The third kappa shape index (κ3) is 3.05. The lowest BCUT2D eigenvalue weighted by Crippen LogP contribution is -2.25. The molecule has 0 unspecified atom stereocenters. The summed E-state index contributed by atoms with van der Waals surface area (Å²) in [7, 11) is 1.14. The van der Waals surface area contributed by atoms with Gasteiger partial charge in [-0.1, -0.05) is 0 Å². The molecule has 0 spiro atoms. The smallest absolute Gasteiger partial charge is 0.327 e. The van der Waals surface area contributed by atoms with Gasteiger partial charge in [-0.3, -0.25) is 9.32 Å². The van der Waals surface area contributed by atoms with Crippen molar-refractivity contribution in [3.05, 3.63) is 0 Å². The third-order valence-electron chi connectivity index (χ3n) is 2.40. The fraction of sp³-hybridized carbons (Fsp3) is 0.875. The Hall–Kier alpha value is -0.470. The summed E-state index contributed by atoms with van der Waals surface area (Å²) in [5, 5.41) is 0. The lowest BCUT2D eigenvalue weighted by molar-refractivity contribution is -0.147. The van der Waals surface area contributed by atoms with Crippen LogP contribution in [0.1, 0.15) is 25.7 Å². The van der Waals surface area contributed by atoms with Crippen LogP contribution < -0.4 is 0 Å². The summed E-state index contributed by atoms with van der Waals surface area (Å²) in [4.78, 5) is 11.1. The van der Waals surface area contributed by atoms with E-state index < -0.39 is 0 Å². The number of rotatable bonds is 3. The molecule has 0 atom stereocenters. The van der Waals surface area contributed by atoms with Gasteiger partial charge in [0.2, 0.25) is 0 Å². The van der Waals surface area contributed by atoms with Gasteiger partial charge in [-0.15, -0.1) is 0 Å². The highest BCUT2D eigenvalue weighted by molar-refractivity contribution is 7.17. The zero-order valence-corrected chi connectivity index (χ0v) is 8.46. The van der Waals surface area contributed by atoms with Gasteiger partial charge in [-0.2, -0.15) is 0 Å². The molecule has 0 aliphatic heterocycles. The number of carbonyl (C=O) groups is 1. The van der Waals surface area contributed by atoms with Gasteiger partial charge in [0.15, 0.2) is 0 Å². The monoisotopic (exact) mass is 204 g/mol. The fourth-order valence-electron chi connectivity index (χ4n) is 1.63. The summed E-state index contributed by atoms with van der Waals surface area (Å²) >= 11 is 0. The maximum absolute atomic E-state index is 11.1. The molecule has 4 nitrogen and oxygen atoms in total. The minimum atomic E-state index is -0.267. The summed E-state index contributed by atoms with van der Waals surface area (Å²) in [6, 6.07) is 0. The predicted octanol–water partition coefficient (Wildman–Crippen LogP) is 1.94. The summed E-state index contributed by atoms with van der Waals surface area (Å²) in [6.07, 6.45) is 3.16. The number of ether oxygens (including phenoxy) is 1. The molecule has 0 amide bonds. The van der Waals surface area contributed by atoms with E-state index in [2.05, 4.69) is 4.74 Å². The van der Waals surface area contributed by atoms with Gasteiger partial charge in [-0.25, -0.2) is 4.57 Å². The van der Waals surface area contributed by atoms with Crippen LogP contribution in [0.25, 0.3) is 0 Å². The van der Waals surface area contributed by atoms with Crippen molar-refractivity contribution in [2.24, 2.45) is 5.92 Å². The Bertz CT molecular complexity index is 187. The van der Waals surface area contributed by atoms with E-state index in [4.69, 9.17) is 4.52 Å². The highest BCUT2D eigenvalue weighted by atomic mass is 31.1. The van der Waals surface area contributed by atoms with E-state index in [0.29, 0.717) is 0 Å². The van der Waals surface area contributed by atoms with Crippen molar-refractivity contribution >= 4 is 14.7 Å². The van der Waals surface area contributed by atoms with Gasteiger partial charge in [0, 0.05) is 0 Å². The second-order valence-corrected chi connectivity index (χ2v) is 3.54. The normalized spacial score (nSPS) is 28.7. The molecule has 0 radical (unpaired) electrons. The molecule has 0 bridgehead atoms. The van der Waals surface area contributed by atoms with Gasteiger partial charge in [-0.05, 0) is 25.7 Å². The van der Waals surface area contributed by atoms with E-state index in [1.54, 1.807) is 0 Å². The van der Waals surface area contributed by atoms with Crippen molar-refractivity contribution in [2.45, 2.75) is 31.8 Å². The van der Waals surface area contributed by atoms with E-state index in [1.807, 2.05) is 0 Å². The van der Waals surface area contributed by atoms with Crippen LogP contribution in [0.5, 0.6) is 0 Å². The Kier molecular flexibility index (Phi) is 4.33. The standard InChI is InChI=1S/C8H13O4P/c1-11-8(9)6-2-4-7(5-3-6)12-13-10/h6-7H,2-5H2,1H3. The van der Waals surface area contributed by atoms with Crippen molar-refractivity contribution in [1.82, 2.24) is 0 Å². The number of carbonyl (C=O) groups excluding carboxylic acids is 1. The Morgan fingerprint density at radius 3 is 2.38 bits per heavy atom. The first-order valence-corrected chi connectivity index (χ1v) is 5.07. The average Bonchev–Trinajstić information content (AvgIpc) is 2.18. The third-order valence-corrected chi connectivity index (χ3v) is 2.79. The Balaban J connectivity index is 2.30. The molecule has 1 aliphatic carbocycles. The van der Waals surface area contributed by atoms with Gasteiger partial charge < -0.3 is 4.74 Å². The highest BCUT2D eigenvalue weighted by Gasteiger charge is 2.27. The summed E-state index contributed by atoms with van der Waals surface area (Å²) in [5.41, 5.74) is 0. The van der Waals surface area contributed by atoms with E-state index >= 15 is 0 Å². The second kappa shape index (κ2) is 5.30. The van der Waals surface area contributed by atoms with Crippen LogP contribution in [-0.4, -0.2) is 19.2 Å². The Morgan fingerprint density at radius 2 is 1.92 bits per heavy atom. The van der Waals surface area contributed by atoms with Crippen LogP contribution in [0.15, 0.2) is 0 Å². The van der Waals surface area contributed by atoms with Crippen LogP contribution in [-0.2, 0) is 18.6 Å². The number of hydrogen-bond acceptors (Lipinski definition) is 4. The van der Waals surface area contributed by atoms with Crippen LogP contribution in [0.2, 0.25) is 0 Å². The molecule has 0 saturated heterocycles. The second-order valence-electron chi connectivity index (χ2n) is 3.18. The maximum Gasteiger partial charge on any atom is 0.327 e. The van der Waals surface area contributed by atoms with E-state index in [-0.39, 0.29) is 26.7 Å². The molecule has 74 valence electrons. The number of hydrogen-bond donors (Lipinski definition) is 0. The van der Waals surface area contributed by atoms with Gasteiger partial charge in [0.1, 0.15) is 0 Å². The van der Waals surface area contributed by atoms with Gasteiger partial charge >= 0.3 is 14.7 Å². The lowest BCUT2D eigenvalue weighted by atomic mass is 9.88. The molecular weight excluding hydrogens is 191 g/mol. The van der Waals surface area contributed by atoms with Gasteiger partial charge in [0.05, 0.1) is 19.1 Å². The molecule has 13 heavy (non-hydrogen) atoms. The van der Waals surface area contributed by atoms with E-state index in [1.165, 1.54) is 7.11 Å². The molecule has 1 rings (SSSR count). The summed E-state index contributed by atoms with van der Waals surface area (Å²) < 4.78 is 19.7. The van der Waals surface area contributed by atoms with Crippen LogP contribution in [0, 0.1) is 5.92 Å². The summed E-state index contributed by atoms with van der Waals surface area (Å²) in [5.74, 6) is -0.133. The lowest BCUT2D eigenvalue weighted by Gasteiger charge is -2.24. The van der Waals surface area contributed by atoms with Crippen molar-refractivity contribution in [3.8, 4) is 0 Å². The molecule has 0 aromatic carbocycles. The van der Waals surface area contributed by atoms with Gasteiger partial charge in [0.25, 0.3) is 0 Å². The number of methoxy groups -OCH3 is 1. The van der Waals surface area contributed by atoms with Crippen LogP contribution >= 0.6 is 8.69 Å². The maximum atomic E-state index is 11.1. The predicted molar refractivity (Wildman–Crippen MR) is 46.5 cm³/mol. The minimum Gasteiger partial charge on any atom is -0.469 e. The highest BCUT2D eigenvalue weighted by Crippen LogP contribution is 2.28. The van der Waals surface area contributed by atoms with Crippen LogP contribution in [0.4, 0.5) is 0 Å². The fourth-order valence-corrected chi connectivity index (χ4v) is 1.96. The largest absolute Gasteiger partial charge is 0.469 e. The van der Waals surface area contributed by atoms with E-state index in [0.717, 1.165) is 25.7 Å². The zero-order chi connectivity index (χ0) is 9.68. The summed E-state index contributed by atoms with van der Waals surface area (Å²) in [6.45, 7) is 0.